The molecule has 6 nitrogen and oxygen atoms in total. The van der Waals surface area contributed by atoms with Gasteiger partial charge in [0.15, 0.2) is 15.4 Å². The molecule has 1 amide bonds. The van der Waals surface area contributed by atoms with E-state index in [0.717, 1.165) is 18.2 Å². The predicted octanol–water partition coefficient (Wildman–Crippen LogP) is 5.41. The number of rotatable bonds is 7. The lowest BCUT2D eigenvalue weighted by Gasteiger charge is -2.40. The molecule has 0 aliphatic rings. The maximum Gasteiger partial charge on any atom is 0.573 e. The Morgan fingerprint density at radius 3 is 2.15 bits per heavy atom. The van der Waals surface area contributed by atoms with Crippen LogP contribution in [0.25, 0.3) is 0 Å². The fraction of sp³-hybridized carbons (Fsp3) is 0.235. The molecule has 0 radical (unpaired) electrons. The first-order valence-corrected chi connectivity index (χ1v) is 12.1. The Balaban J connectivity index is 2.31. The van der Waals surface area contributed by atoms with Crippen LogP contribution in [0.3, 0.4) is 0 Å². The van der Waals surface area contributed by atoms with Gasteiger partial charge in [0.2, 0.25) is 0 Å². The van der Waals surface area contributed by atoms with Crippen molar-refractivity contribution in [2.24, 2.45) is 0 Å². The minimum Gasteiger partial charge on any atom is -0.404 e. The van der Waals surface area contributed by atoms with Crippen LogP contribution in [-0.2, 0) is 14.6 Å². The molecule has 0 aliphatic heterocycles. The third-order valence-electron chi connectivity index (χ3n) is 3.91. The van der Waals surface area contributed by atoms with Crippen molar-refractivity contribution >= 4 is 31.7 Å². The predicted molar refractivity (Wildman–Crippen MR) is 102 cm³/mol. The molecular formula is C17H15F8NO5S2. The van der Waals surface area contributed by atoms with E-state index in [4.69, 9.17) is 0 Å². The number of para-hydroxylation sites is 1. The van der Waals surface area contributed by atoms with Gasteiger partial charge in [-0.1, -0.05) is 37.6 Å². The van der Waals surface area contributed by atoms with Crippen LogP contribution in [0, 0.1) is 0 Å². The van der Waals surface area contributed by atoms with E-state index < -0.39 is 64.9 Å². The number of hydrogen-bond donors (Lipinski definition) is 2. The van der Waals surface area contributed by atoms with Gasteiger partial charge < -0.3 is 15.2 Å². The first-order valence-electron chi connectivity index (χ1n) is 8.46. The summed E-state index contributed by atoms with van der Waals surface area (Å²) in [4.78, 5) is 8.90. The second-order valence-corrected chi connectivity index (χ2v) is 11.3. The number of nitrogens with one attached hydrogen (secondary N) is 1. The number of halogens is 8. The standard InChI is InChI=1S/C17H15F8NO5S2/c1-16(28,10-32(29,30)14-8-3-2-7-13(14)31-17(18,19)20)15(27)26-11-5-4-6-12(9-11)33(21,22,23,24)25/h2-9,28H,10H2,1H3,(H,26,27). The number of alkyl halides is 3. The Kier molecular flexibility index (Phi) is 6.03. The van der Waals surface area contributed by atoms with Crippen LogP contribution in [-0.4, -0.2) is 37.1 Å². The van der Waals surface area contributed by atoms with Crippen LogP contribution in [0.1, 0.15) is 6.92 Å². The molecule has 1 unspecified atom stereocenters. The summed E-state index contributed by atoms with van der Waals surface area (Å²) < 4.78 is 131. The Morgan fingerprint density at radius 1 is 1.03 bits per heavy atom. The van der Waals surface area contributed by atoms with Gasteiger partial charge in [-0.3, -0.25) is 4.79 Å². The quantitative estimate of drug-likeness (QED) is 0.469. The SMILES string of the molecule is CC(O)(CS(=O)(=O)c1ccccc1OC(F)(F)F)C(=O)Nc1cccc(S(F)(F)(F)(F)F)c1. The van der Waals surface area contributed by atoms with Gasteiger partial charge in [-0.2, -0.15) is 0 Å². The van der Waals surface area contributed by atoms with E-state index in [0.29, 0.717) is 25.1 Å². The van der Waals surface area contributed by atoms with Crippen LogP contribution in [0.2, 0.25) is 0 Å². The van der Waals surface area contributed by atoms with E-state index in [1.165, 1.54) is 0 Å². The average molecular weight is 529 g/mol. The Hall–Kier alpha value is -2.59. The smallest absolute Gasteiger partial charge is 0.404 e. The number of ether oxygens (including phenoxy) is 1. The van der Waals surface area contributed by atoms with Crippen LogP contribution in [0.5, 0.6) is 5.75 Å². The molecule has 2 rings (SSSR count). The summed E-state index contributed by atoms with van der Waals surface area (Å²) in [5.74, 6) is -4.30. The number of aliphatic hydroxyl groups is 1. The molecule has 2 aromatic carbocycles. The van der Waals surface area contributed by atoms with Crippen molar-refractivity contribution in [3.63, 3.8) is 0 Å². The van der Waals surface area contributed by atoms with Gasteiger partial charge in [-0.15, -0.1) is 13.2 Å². The van der Waals surface area contributed by atoms with Gasteiger partial charge >= 0.3 is 16.6 Å². The Labute approximate surface area is 181 Å². The van der Waals surface area contributed by atoms with Crippen molar-refractivity contribution in [2.45, 2.75) is 28.7 Å². The van der Waals surface area contributed by atoms with Crippen molar-refractivity contribution in [1.29, 1.82) is 0 Å². The monoisotopic (exact) mass is 529 g/mol. The van der Waals surface area contributed by atoms with Crippen molar-refractivity contribution < 1.29 is 55.7 Å². The molecule has 0 saturated heterocycles. The molecule has 2 aromatic rings. The lowest BCUT2D eigenvalue weighted by atomic mass is 10.1. The lowest BCUT2D eigenvalue weighted by Crippen LogP contribution is -2.45. The number of benzene rings is 2. The van der Waals surface area contributed by atoms with Crippen molar-refractivity contribution in [1.82, 2.24) is 0 Å². The van der Waals surface area contributed by atoms with Crippen molar-refractivity contribution in [3.05, 3.63) is 48.5 Å². The Bertz CT molecular complexity index is 1180. The van der Waals surface area contributed by atoms with Crippen LogP contribution >= 0.6 is 10.2 Å². The average Bonchev–Trinajstić information content (AvgIpc) is 2.58. The summed E-state index contributed by atoms with van der Waals surface area (Å²) in [6, 6.07) is 4.69. The van der Waals surface area contributed by atoms with Gasteiger partial charge in [0.05, 0.1) is 5.75 Å². The van der Waals surface area contributed by atoms with E-state index in [-0.39, 0.29) is 12.1 Å². The highest BCUT2D eigenvalue weighted by molar-refractivity contribution is 8.45. The number of carbonyl (C=O) groups is 1. The molecule has 0 heterocycles. The fourth-order valence-corrected chi connectivity index (χ4v) is 4.92. The van der Waals surface area contributed by atoms with E-state index >= 15 is 0 Å². The van der Waals surface area contributed by atoms with Gasteiger partial charge in [0, 0.05) is 5.69 Å². The number of hydrogen-bond acceptors (Lipinski definition) is 5. The van der Waals surface area contributed by atoms with Crippen LogP contribution < -0.4 is 10.1 Å². The fourth-order valence-electron chi connectivity index (χ4n) is 2.51. The van der Waals surface area contributed by atoms with Crippen LogP contribution in [0.15, 0.2) is 58.3 Å². The van der Waals surface area contributed by atoms with E-state index in [1.54, 1.807) is 5.32 Å². The first kappa shape index (κ1) is 26.7. The van der Waals surface area contributed by atoms with Gasteiger partial charge in [0.25, 0.3) is 5.91 Å². The minimum absolute atomic E-state index is 0.0530. The zero-order valence-electron chi connectivity index (χ0n) is 16.2. The molecule has 0 saturated carbocycles. The summed E-state index contributed by atoms with van der Waals surface area (Å²) in [6.45, 7) is 0.613. The molecule has 186 valence electrons. The Morgan fingerprint density at radius 2 is 1.61 bits per heavy atom. The van der Waals surface area contributed by atoms with Gasteiger partial charge in [0.1, 0.15) is 15.5 Å². The topological polar surface area (TPSA) is 92.7 Å². The van der Waals surface area contributed by atoms with Gasteiger partial charge in [-0.05, 0) is 37.3 Å². The maximum atomic E-state index is 12.9. The lowest BCUT2D eigenvalue weighted by molar-refractivity contribution is -0.275. The van der Waals surface area contributed by atoms with Crippen molar-refractivity contribution in [3.8, 4) is 5.75 Å². The number of sulfone groups is 1. The zero-order chi connectivity index (χ0) is 25.6. The number of amides is 1. The second kappa shape index (κ2) is 7.46. The highest BCUT2D eigenvalue weighted by Crippen LogP contribution is 3.02. The minimum atomic E-state index is -10.1. The molecule has 0 aliphatic carbocycles. The van der Waals surface area contributed by atoms with E-state index in [9.17, 15) is 50.9 Å². The molecule has 33 heavy (non-hydrogen) atoms. The third kappa shape index (κ3) is 7.20. The molecule has 0 bridgehead atoms. The summed E-state index contributed by atoms with van der Waals surface area (Å²) in [6.07, 6.45) is -5.26. The third-order valence-corrected chi connectivity index (χ3v) is 7.00. The summed E-state index contributed by atoms with van der Waals surface area (Å²) in [7, 11) is -14.9. The molecule has 2 N–H and O–H groups in total. The zero-order valence-corrected chi connectivity index (χ0v) is 17.9. The molecular weight excluding hydrogens is 514 g/mol. The molecule has 0 aromatic heterocycles. The maximum absolute atomic E-state index is 12.9. The largest absolute Gasteiger partial charge is 0.573 e. The normalized spacial score (nSPS) is 16.8. The van der Waals surface area contributed by atoms with E-state index in [2.05, 4.69) is 4.74 Å². The first-order chi connectivity index (χ1) is 14.5. The number of anilines is 1. The molecule has 0 fully saturated rings. The summed E-state index contributed by atoms with van der Waals surface area (Å²) in [5.41, 5.74) is -3.75. The van der Waals surface area contributed by atoms with Gasteiger partial charge in [-0.25, -0.2) is 8.42 Å². The van der Waals surface area contributed by atoms with Crippen LogP contribution in [0.4, 0.5) is 38.3 Å². The number of carbonyl (C=O) groups excluding carboxylic acids is 1. The van der Waals surface area contributed by atoms with Crippen molar-refractivity contribution in [2.75, 3.05) is 11.1 Å². The highest BCUT2D eigenvalue weighted by Gasteiger charge is 2.65. The molecule has 1 atom stereocenters. The molecule has 0 spiro atoms. The highest BCUT2D eigenvalue weighted by atomic mass is 32.5. The molecule has 16 heteroatoms. The summed E-state index contributed by atoms with van der Waals surface area (Å²) in [5, 5.41) is 12.0. The summed E-state index contributed by atoms with van der Waals surface area (Å²) >= 11 is 0. The van der Waals surface area contributed by atoms with E-state index in [1.807, 2.05) is 0 Å². The second-order valence-electron chi connectivity index (χ2n) is 6.98.